The van der Waals surface area contributed by atoms with E-state index in [4.69, 9.17) is 0 Å². The molecule has 4 nitrogen and oxygen atoms in total. The van der Waals surface area contributed by atoms with Gasteiger partial charge < -0.3 is 10.4 Å². The molecule has 2 aliphatic carbocycles. The van der Waals surface area contributed by atoms with Crippen LogP contribution in [-0.4, -0.2) is 28.6 Å². The van der Waals surface area contributed by atoms with Gasteiger partial charge in [-0.1, -0.05) is 13.8 Å². The highest BCUT2D eigenvalue weighted by Crippen LogP contribution is 2.50. The Morgan fingerprint density at radius 1 is 1.48 bits per heavy atom. The summed E-state index contributed by atoms with van der Waals surface area (Å²) in [6.07, 6.45) is 5.68. The summed E-state index contributed by atoms with van der Waals surface area (Å²) in [5.41, 5.74) is 1.53. The Labute approximate surface area is 126 Å². The van der Waals surface area contributed by atoms with E-state index in [9.17, 15) is 9.90 Å². The molecule has 1 aromatic heterocycles. The van der Waals surface area contributed by atoms with Crippen molar-refractivity contribution in [2.75, 3.05) is 6.54 Å². The van der Waals surface area contributed by atoms with Crippen LogP contribution in [0.4, 0.5) is 0 Å². The van der Waals surface area contributed by atoms with Crippen LogP contribution < -0.4 is 5.32 Å². The average Bonchev–Trinajstić information content (AvgIpc) is 3.38. The van der Waals surface area contributed by atoms with Crippen molar-refractivity contribution in [3.05, 3.63) is 29.6 Å². The first-order valence-electron chi connectivity index (χ1n) is 7.95. The molecule has 0 aromatic carbocycles. The minimum Gasteiger partial charge on any atom is -0.392 e. The molecule has 3 rings (SSSR count). The highest BCUT2D eigenvalue weighted by molar-refractivity contribution is 5.95. The van der Waals surface area contributed by atoms with E-state index in [1.165, 1.54) is 0 Å². The minimum atomic E-state index is -0.338. The Morgan fingerprint density at radius 3 is 2.76 bits per heavy atom. The number of aliphatic hydroxyl groups excluding tert-OH is 1. The van der Waals surface area contributed by atoms with Gasteiger partial charge in [0.25, 0.3) is 5.91 Å². The van der Waals surface area contributed by atoms with Crippen molar-refractivity contribution in [3.63, 3.8) is 0 Å². The third-order valence-electron chi connectivity index (χ3n) is 4.80. The van der Waals surface area contributed by atoms with Gasteiger partial charge in [-0.05, 0) is 43.7 Å². The van der Waals surface area contributed by atoms with Crippen LogP contribution in [0.3, 0.4) is 0 Å². The topological polar surface area (TPSA) is 62.2 Å². The highest BCUT2D eigenvalue weighted by atomic mass is 16.3. The Kier molecular flexibility index (Phi) is 3.74. The summed E-state index contributed by atoms with van der Waals surface area (Å²) in [6.45, 7) is 4.61. The summed E-state index contributed by atoms with van der Waals surface area (Å²) in [5, 5.41) is 13.3. The summed E-state index contributed by atoms with van der Waals surface area (Å²) >= 11 is 0. The Morgan fingerprint density at radius 2 is 2.19 bits per heavy atom. The molecule has 2 fully saturated rings. The lowest BCUT2D eigenvalue weighted by atomic mass is 9.90. The van der Waals surface area contributed by atoms with Gasteiger partial charge in [-0.25, -0.2) is 0 Å². The van der Waals surface area contributed by atoms with Crippen LogP contribution in [0.2, 0.25) is 0 Å². The molecule has 0 saturated heterocycles. The molecule has 1 unspecified atom stereocenters. The van der Waals surface area contributed by atoms with E-state index in [2.05, 4.69) is 10.3 Å². The van der Waals surface area contributed by atoms with E-state index in [0.717, 1.165) is 31.4 Å². The third-order valence-corrected chi connectivity index (χ3v) is 4.80. The largest absolute Gasteiger partial charge is 0.392 e. The van der Waals surface area contributed by atoms with Crippen molar-refractivity contribution in [3.8, 4) is 0 Å². The second kappa shape index (κ2) is 5.41. The van der Waals surface area contributed by atoms with Crippen LogP contribution >= 0.6 is 0 Å². The van der Waals surface area contributed by atoms with Crippen molar-refractivity contribution in [2.24, 2.45) is 11.3 Å². The van der Waals surface area contributed by atoms with Crippen LogP contribution in [0.15, 0.2) is 18.3 Å². The van der Waals surface area contributed by atoms with Crippen molar-refractivity contribution in [2.45, 2.75) is 51.6 Å². The Hall–Kier alpha value is -1.42. The number of aromatic nitrogens is 1. The Bertz CT molecular complexity index is 533. The van der Waals surface area contributed by atoms with Gasteiger partial charge in [-0.2, -0.15) is 0 Å². The van der Waals surface area contributed by atoms with Crippen LogP contribution in [0.25, 0.3) is 0 Å². The first kappa shape index (κ1) is 14.5. The molecular formula is C17H24N2O2. The normalized spacial score (nSPS) is 21.1. The number of nitrogens with one attached hydrogen (secondary N) is 1. The second-order valence-corrected chi connectivity index (χ2v) is 6.94. The molecule has 21 heavy (non-hydrogen) atoms. The zero-order valence-corrected chi connectivity index (χ0v) is 12.8. The zero-order valence-electron chi connectivity index (χ0n) is 12.8. The predicted octanol–water partition coefficient (Wildman–Crippen LogP) is 2.49. The maximum Gasteiger partial charge on any atom is 0.253 e. The van der Waals surface area contributed by atoms with E-state index < -0.39 is 0 Å². The quantitative estimate of drug-likeness (QED) is 0.845. The summed E-state index contributed by atoms with van der Waals surface area (Å²) in [5.74, 6) is 0.639. The number of nitrogens with zero attached hydrogens (tertiary/aromatic N) is 1. The molecule has 0 spiro atoms. The number of carbonyl (C=O) groups is 1. The summed E-state index contributed by atoms with van der Waals surface area (Å²) < 4.78 is 0. The van der Waals surface area contributed by atoms with Gasteiger partial charge in [0, 0.05) is 24.1 Å². The van der Waals surface area contributed by atoms with Gasteiger partial charge in [-0.15, -0.1) is 0 Å². The number of aliphatic hydroxyl groups is 1. The molecule has 114 valence electrons. The number of rotatable bonds is 6. The van der Waals surface area contributed by atoms with E-state index in [0.29, 0.717) is 18.0 Å². The van der Waals surface area contributed by atoms with Gasteiger partial charge in [0.2, 0.25) is 0 Å². The fourth-order valence-electron chi connectivity index (χ4n) is 3.09. The van der Waals surface area contributed by atoms with E-state index in [-0.39, 0.29) is 23.3 Å². The van der Waals surface area contributed by atoms with E-state index >= 15 is 0 Å². The lowest BCUT2D eigenvalue weighted by Gasteiger charge is -2.25. The van der Waals surface area contributed by atoms with Gasteiger partial charge in [-0.3, -0.25) is 9.78 Å². The standard InChI is InChI=1S/C17H24N2O2/c1-11(2)15(20)17(7-8-17)10-19-16(21)13-4-3-9-18-14(13)12-5-6-12/h3-4,9,11-12,15,20H,5-8,10H2,1-2H3,(H,19,21). The Balaban J connectivity index is 1.65. The molecule has 1 heterocycles. The first-order valence-corrected chi connectivity index (χ1v) is 7.95. The number of carbonyl (C=O) groups excluding carboxylic acids is 1. The SMILES string of the molecule is CC(C)C(O)C1(CNC(=O)c2cccnc2C2CC2)CC1. The van der Waals surface area contributed by atoms with E-state index in [1.54, 1.807) is 6.20 Å². The monoisotopic (exact) mass is 288 g/mol. The average molecular weight is 288 g/mol. The minimum absolute atomic E-state index is 0.0489. The molecule has 1 aromatic rings. The second-order valence-electron chi connectivity index (χ2n) is 6.94. The number of pyridine rings is 1. The van der Waals surface area contributed by atoms with Crippen LogP contribution in [0.5, 0.6) is 0 Å². The fourth-order valence-corrected chi connectivity index (χ4v) is 3.09. The van der Waals surface area contributed by atoms with Gasteiger partial charge in [0.1, 0.15) is 0 Å². The van der Waals surface area contributed by atoms with E-state index in [1.807, 2.05) is 26.0 Å². The fraction of sp³-hybridized carbons (Fsp3) is 0.647. The number of hydrogen-bond donors (Lipinski definition) is 2. The number of hydrogen-bond acceptors (Lipinski definition) is 3. The zero-order chi connectivity index (χ0) is 15.0. The predicted molar refractivity (Wildman–Crippen MR) is 81.1 cm³/mol. The van der Waals surface area contributed by atoms with Gasteiger partial charge in [0.15, 0.2) is 0 Å². The molecule has 1 atom stereocenters. The van der Waals surface area contributed by atoms with Gasteiger partial charge in [0.05, 0.1) is 17.4 Å². The molecule has 2 N–H and O–H groups in total. The molecule has 0 bridgehead atoms. The molecule has 0 radical (unpaired) electrons. The molecule has 2 saturated carbocycles. The smallest absolute Gasteiger partial charge is 0.253 e. The third kappa shape index (κ3) is 2.95. The number of amides is 1. The van der Waals surface area contributed by atoms with Crippen LogP contribution in [-0.2, 0) is 0 Å². The van der Waals surface area contributed by atoms with Gasteiger partial charge >= 0.3 is 0 Å². The summed E-state index contributed by atoms with van der Waals surface area (Å²) in [4.78, 5) is 16.8. The summed E-state index contributed by atoms with van der Waals surface area (Å²) in [6, 6.07) is 3.67. The molecule has 2 aliphatic rings. The summed E-state index contributed by atoms with van der Waals surface area (Å²) in [7, 11) is 0. The highest BCUT2D eigenvalue weighted by Gasteiger charge is 2.49. The maximum atomic E-state index is 12.4. The lowest BCUT2D eigenvalue weighted by molar-refractivity contribution is 0.0490. The molecular weight excluding hydrogens is 264 g/mol. The first-order chi connectivity index (χ1) is 10.0. The van der Waals surface area contributed by atoms with Crippen LogP contribution in [0.1, 0.15) is 61.5 Å². The maximum absolute atomic E-state index is 12.4. The molecule has 0 aliphatic heterocycles. The van der Waals surface area contributed by atoms with Crippen molar-refractivity contribution in [1.29, 1.82) is 0 Å². The van der Waals surface area contributed by atoms with Crippen molar-refractivity contribution in [1.82, 2.24) is 10.3 Å². The van der Waals surface area contributed by atoms with Crippen molar-refractivity contribution >= 4 is 5.91 Å². The molecule has 1 amide bonds. The van der Waals surface area contributed by atoms with Crippen molar-refractivity contribution < 1.29 is 9.90 Å². The molecule has 4 heteroatoms. The van der Waals surface area contributed by atoms with Crippen LogP contribution in [0, 0.1) is 11.3 Å². The lowest BCUT2D eigenvalue weighted by Crippen LogP contribution is -2.39.